The van der Waals surface area contributed by atoms with Crippen molar-refractivity contribution in [3.05, 3.63) is 71.2 Å². The molecule has 0 atom stereocenters. The van der Waals surface area contributed by atoms with E-state index in [9.17, 15) is 4.39 Å². The number of aryl methyl sites for hydroxylation is 1. The van der Waals surface area contributed by atoms with Crippen LogP contribution < -0.4 is 0 Å². The van der Waals surface area contributed by atoms with E-state index in [-0.39, 0.29) is 5.82 Å². The second-order valence-electron chi connectivity index (χ2n) is 5.27. The third-order valence-corrected chi connectivity index (χ3v) is 4.94. The Hall–Kier alpha value is -2.00. The van der Waals surface area contributed by atoms with Crippen molar-refractivity contribution in [2.24, 2.45) is 0 Å². The van der Waals surface area contributed by atoms with Gasteiger partial charge in [-0.15, -0.1) is 11.8 Å². The van der Waals surface area contributed by atoms with Crippen LogP contribution in [0.25, 0.3) is 16.5 Å². The van der Waals surface area contributed by atoms with Gasteiger partial charge in [-0.25, -0.2) is 4.39 Å². The molecule has 4 rings (SSSR count). The van der Waals surface area contributed by atoms with Crippen LogP contribution in [0.15, 0.2) is 53.6 Å². The first kappa shape index (κ1) is 12.7. The molecule has 0 spiro atoms. The van der Waals surface area contributed by atoms with Crippen LogP contribution in [-0.4, -0.2) is 10.7 Å². The number of nitrogens with one attached hydrogen (secondary N) is 1. The van der Waals surface area contributed by atoms with Crippen LogP contribution >= 0.6 is 11.8 Å². The van der Waals surface area contributed by atoms with Gasteiger partial charge in [0.1, 0.15) is 5.82 Å². The fourth-order valence-electron chi connectivity index (χ4n) is 2.87. The number of hydrogen-bond acceptors (Lipinski definition) is 1. The lowest BCUT2D eigenvalue weighted by Gasteiger charge is -2.18. The molecule has 0 fully saturated rings. The maximum absolute atomic E-state index is 13.8. The number of fused-ring (bicyclic) bond motifs is 2. The third-order valence-electron chi connectivity index (χ3n) is 3.96. The molecule has 0 saturated heterocycles. The summed E-state index contributed by atoms with van der Waals surface area (Å²) in [5, 5.41) is 1.21. The number of aromatic nitrogens is 1. The first-order valence-electron chi connectivity index (χ1n) is 6.94. The molecule has 2 aromatic carbocycles. The fraction of sp³-hybridized carbons (Fsp3) is 0.111. The van der Waals surface area contributed by atoms with Crippen LogP contribution in [0, 0.1) is 12.7 Å². The first-order valence-corrected chi connectivity index (χ1v) is 7.92. The van der Waals surface area contributed by atoms with Crippen LogP contribution in [0.4, 0.5) is 4.39 Å². The minimum atomic E-state index is -0.124. The monoisotopic (exact) mass is 295 g/mol. The Kier molecular flexibility index (Phi) is 2.89. The highest BCUT2D eigenvalue weighted by Gasteiger charge is 2.19. The molecule has 0 unspecified atom stereocenters. The maximum Gasteiger partial charge on any atom is 0.127 e. The molecule has 0 saturated carbocycles. The molecule has 3 aromatic rings. The minimum absolute atomic E-state index is 0.124. The summed E-state index contributed by atoms with van der Waals surface area (Å²) in [5.41, 5.74) is 5.35. The normalized spacial score (nSPS) is 14.1. The van der Waals surface area contributed by atoms with E-state index in [2.05, 4.69) is 35.5 Å². The number of rotatable bonds is 1. The Balaban J connectivity index is 1.95. The van der Waals surface area contributed by atoms with Gasteiger partial charge >= 0.3 is 0 Å². The van der Waals surface area contributed by atoms with Gasteiger partial charge < -0.3 is 4.98 Å². The molecule has 0 radical (unpaired) electrons. The van der Waals surface area contributed by atoms with Crippen molar-refractivity contribution in [2.45, 2.75) is 11.8 Å². The zero-order chi connectivity index (χ0) is 14.4. The maximum atomic E-state index is 13.8. The summed E-state index contributed by atoms with van der Waals surface area (Å²) in [4.78, 5) is 4.35. The lowest BCUT2D eigenvalue weighted by Crippen LogP contribution is -1.99. The Bertz CT molecular complexity index is 876. The van der Waals surface area contributed by atoms with Gasteiger partial charge in [-0.2, -0.15) is 0 Å². The molecule has 1 aromatic heterocycles. The highest BCUT2D eigenvalue weighted by atomic mass is 32.2. The molecule has 0 amide bonds. The van der Waals surface area contributed by atoms with Gasteiger partial charge in [0.2, 0.25) is 0 Å². The lowest BCUT2D eigenvalue weighted by molar-refractivity contribution is 0.614. The summed E-state index contributed by atoms with van der Waals surface area (Å²) in [7, 11) is 0. The summed E-state index contributed by atoms with van der Waals surface area (Å²) < 4.78 is 13.8. The molecule has 0 bridgehead atoms. The van der Waals surface area contributed by atoms with E-state index < -0.39 is 0 Å². The molecular formula is C18H14FNS. The number of aromatic amines is 1. The zero-order valence-corrected chi connectivity index (χ0v) is 12.4. The van der Waals surface area contributed by atoms with Crippen molar-refractivity contribution < 1.29 is 4.39 Å². The highest BCUT2D eigenvalue weighted by Crippen LogP contribution is 2.40. The summed E-state index contributed by atoms with van der Waals surface area (Å²) >= 11 is 1.69. The second kappa shape index (κ2) is 4.78. The Morgan fingerprint density at radius 2 is 2.00 bits per heavy atom. The Labute approximate surface area is 126 Å². The van der Waals surface area contributed by atoms with Gasteiger partial charge in [0.25, 0.3) is 0 Å². The van der Waals surface area contributed by atoms with E-state index >= 15 is 0 Å². The van der Waals surface area contributed by atoms with Crippen LogP contribution in [0.2, 0.25) is 0 Å². The van der Waals surface area contributed by atoms with Gasteiger partial charge in [0.05, 0.1) is 0 Å². The molecule has 1 nitrogen and oxygen atoms in total. The summed E-state index contributed by atoms with van der Waals surface area (Å²) in [6, 6.07) is 11.9. The van der Waals surface area contributed by atoms with Crippen molar-refractivity contribution in [3.63, 3.8) is 0 Å². The van der Waals surface area contributed by atoms with Crippen LogP contribution in [0.1, 0.15) is 16.7 Å². The van der Waals surface area contributed by atoms with E-state index in [4.69, 9.17) is 0 Å². The molecule has 104 valence electrons. The van der Waals surface area contributed by atoms with Crippen molar-refractivity contribution in [1.82, 2.24) is 4.98 Å². The average Bonchev–Trinajstić information content (AvgIpc) is 2.92. The number of hydrogen-bond donors (Lipinski definition) is 1. The molecule has 2 heterocycles. The molecule has 1 N–H and O–H groups in total. The Morgan fingerprint density at radius 1 is 1.14 bits per heavy atom. The quantitative estimate of drug-likeness (QED) is 0.656. The van der Waals surface area contributed by atoms with Gasteiger partial charge in [0.15, 0.2) is 0 Å². The largest absolute Gasteiger partial charge is 0.361 e. The average molecular weight is 295 g/mol. The molecular weight excluding hydrogens is 281 g/mol. The number of halogens is 1. The molecule has 1 aliphatic heterocycles. The standard InChI is InChI=1S/C18H14FNS/c1-11-8-14-12(6-7-21-18(14)9-16(11)19)15-10-20-17-5-3-2-4-13(15)17/h2-6,8-10,20H,7H2,1H3. The van der Waals surface area contributed by atoms with Crippen molar-refractivity contribution in [1.29, 1.82) is 0 Å². The smallest absolute Gasteiger partial charge is 0.127 e. The van der Waals surface area contributed by atoms with Crippen LogP contribution in [-0.2, 0) is 0 Å². The van der Waals surface area contributed by atoms with Crippen molar-refractivity contribution in [2.75, 3.05) is 5.75 Å². The highest BCUT2D eigenvalue weighted by molar-refractivity contribution is 7.99. The van der Waals surface area contributed by atoms with Crippen molar-refractivity contribution >= 4 is 28.2 Å². The predicted octanol–water partition coefficient (Wildman–Crippen LogP) is 5.15. The van der Waals surface area contributed by atoms with Gasteiger partial charge in [0, 0.05) is 33.3 Å². The van der Waals surface area contributed by atoms with Gasteiger partial charge in [-0.1, -0.05) is 24.3 Å². The SMILES string of the molecule is Cc1cc2c(cc1F)SCC=C2c1c[nH]c2ccccc12. The summed E-state index contributed by atoms with van der Waals surface area (Å²) in [6.45, 7) is 1.82. The van der Waals surface area contributed by atoms with Crippen LogP contribution in [0.5, 0.6) is 0 Å². The van der Waals surface area contributed by atoms with E-state index in [1.54, 1.807) is 17.8 Å². The van der Waals surface area contributed by atoms with Crippen molar-refractivity contribution in [3.8, 4) is 0 Å². The van der Waals surface area contributed by atoms with E-state index in [1.165, 1.54) is 16.5 Å². The Morgan fingerprint density at radius 3 is 2.90 bits per heavy atom. The number of thioether (sulfide) groups is 1. The second-order valence-corrected chi connectivity index (χ2v) is 6.34. The minimum Gasteiger partial charge on any atom is -0.361 e. The third kappa shape index (κ3) is 2.00. The molecule has 3 heteroatoms. The van der Waals surface area contributed by atoms with E-state index in [1.807, 2.05) is 19.1 Å². The molecule has 21 heavy (non-hydrogen) atoms. The lowest BCUT2D eigenvalue weighted by atomic mass is 9.95. The number of para-hydroxylation sites is 1. The number of H-pyrrole nitrogens is 1. The topological polar surface area (TPSA) is 15.8 Å². The van der Waals surface area contributed by atoms with Gasteiger partial charge in [-0.3, -0.25) is 0 Å². The molecule has 1 aliphatic rings. The predicted molar refractivity (Wildman–Crippen MR) is 87.2 cm³/mol. The van der Waals surface area contributed by atoms with E-state index in [0.29, 0.717) is 5.56 Å². The summed E-state index contributed by atoms with van der Waals surface area (Å²) in [6.07, 6.45) is 4.29. The van der Waals surface area contributed by atoms with Gasteiger partial charge in [-0.05, 0) is 41.8 Å². The van der Waals surface area contributed by atoms with E-state index in [0.717, 1.165) is 21.7 Å². The fourth-order valence-corrected chi connectivity index (χ4v) is 3.81. The first-order chi connectivity index (χ1) is 10.2. The van der Waals surface area contributed by atoms with Crippen LogP contribution in [0.3, 0.4) is 0 Å². The number of benzene rings is 2. The molecule has 0 aliphatic carbocycles. The zero-order valence-electron chi connectivity index (χ0n) is 11.6. The summed E-state index contributed by atoms with van der Waals surface area (Å²) in [5.74, 6) is 0.756.